The number of nitrogens with zero attached hydrogens (tertiary/aromatic N) is 1. The van der Waals surface area contributed by atoms with Crippen LogP contribution < -0.4 is 4.74 Å². The molecule has 0 unspecified atom stereocenters. The van der Waals surface area contributed by atoms with Gasteiger partial charge in [-0.2, -0.15) is 4.39 Å². The van der Waals surface area contributed by atoms with E-state index in [1.165, 1.54) is 12.1 Å². The first-order valence-electron chi connectivity index (χ1n) is 5.80. The molecular formula is C14H11BrFNO3. The molecule has 104 valence electrons. The van der Waals surface area contributed by atoms with Gasteiger partial charge in [-0.05, 0) is 24.6 Å². The number of nitro benzene ring substituents is 1. The van der Waals surface area contributed by atoms with E-state index in [-0.39, 0.29) is 12.2 Å². The Labute approximate surface area is 123 Å². The van der Waals surface area contributed by atoms with Crippen LogP contribution in [0, 0.1) is 22.9 Å². The number of nitro groups is 1. The summed E-state index contributed by atoms with van der Waals surface area (Å²) in [5.41, 5.74) is 0.509. The third-order valence-corrected chi connectivity index (χ3v) is 3.28. The smallest absolute Gasteiger partial charge is 0.305 e. The first-order valence-corrected chi connectivity index (χ1v) is 6.59. The maximum absolute atomic E-state index is 13.9. The van der Waals surface area contributed by atoms with Gasteiger partial charge in [0.2, 0.25) is 5.82 Å². The van der Waals surface area contributed by atoms with Crippen molar-refractivity contribution in [3.63, 3.8) is 0 Å². The Morgan fingerprint density at radius 3 is 2.80 bits per heavy atom. The second-order valence-corrected chi connectivity index (χ2v) is 5.12. The first-order chi connectivity index (χ1) is 9.49. The van der Waals surface area contributed by atoms with Gasteiger partial charge in [-0.3, -0.25) is 10.1 Å². The quantitative estimate of drug-likeness (QED) is 0.613. The monoisotopic (exact) mass is 339 g/mol. The molecule has 0 saturated carbocycles. The molecule has 6 heteroatoms. The van der Waals surface area contributed by atoms with Crippen LogP contribution in [0.5, 0.6) is 5.75 Å². The lowest BCUT2D eigenvalue weighted by Gasteiger charge is -2.10. The first kappa shape index (κ1) is 14.5. The molecule has 2 rings (SSSR count). The van der Waals surface area contributed by atoms with Crippen LogP contribution in [0.4, 0.5) is 10.1 Å². The molecule has 0 saturated heterocycles. The molecule has 0 amide bonds. The predicted octanol–water partition coefficient (Wildman–Crippen LogP) is 4.38. The molecule has 0 fully saturated rings. The standard InChI is InChI=1S/C14H11BrFNO3/c1-9-5-6-11(15)7-13(9)20-8-10-3-2-4-12(14(10)16)17(18)19/h2-7H,8H2,1H3. The molecule has 0 atom stereocenters. The minimum absolute atomic E-state index is 0.0647. The van der Waals surface area contributed by atoms with E-state index in [4.69, 9.17) is 4.74 Å². The summed E-state index contributed by atoms with van der Waals surface area (Å²) in [6, 6.07) is 9.54. The highest BCUT2D eigenvalue weighted by atomic mass is 79.9. The molecule has 0 aliphatic heterocycles. The molecule has 4 nitrogen and oxygen atoms in total. The third kappa shape index (κ3) is 3.14. The Morgan fingerprint density at radius 1 is 1.35 bits per heavy atom. The van der Waals surface area contributed by atoms with Crippen molar-refractivity contribution in [1.29, 1.82) is 0 Å². The van der Waals surface area contributed by atoms with Gasteiger partial charge < -0.3 is 4.74 Å². The fourth-order valence-corrected chi connectivity index (χ4v) is 2.04. The van der Waals surface area contributed by atoms with E-state index in [0.29, 0.717) is 5.75 Å². The lowest BCUT2D eigenvalue weighted by molar-refractivity contribution is -0.387. The summed E-state index contributed by atoms with van der Waals surface area (Å²) in [6.07, 6.45) is 0. The summed E-state index contributed by atoms with van der Waals surface area (Å²) in [6.45, 7) is 1.80. The van der Waals surface area contributed by atoms with Gasteiger partial charge in [0, 0.05) is 16.1 Å². The van der Waals surface area contributed by atoms with E-state index in [0.717, 1.165) is 16.1 Å². The molecule has 0 spiro atoms. The van der Waals surface area contributed by atoms with E-state index in [1.54, 1.807) is 6.07 Å². The van der Waals surface area contributed by atoms with Crippen LogP contribution in [-0.2, 0) is 6.61 Å². The van der Waals surface area contributed by atoms with Crippen LogP contribution >= 0.6 is 15.9 Å². The summed E-state index contributed by atoms with van der Waals surface area (Å²) in [4.78, 5) is 9.92. The van der Waals surface area contributed by atoms with Crippen molar-refractivity contribution in [1.82, 2.24) is 0 Å². The zero-order valence-corrected chi connectivity index (χ0v) is 12.2. The van der Waals surface area contributed by atoms with Crippen LogP contribution in [0.15, 0.2) is 40.9 Å². The molecule has 0 aromatic heterocycles. The highest BCUT2D eigenvalue weighted by Gasteiger charge is 2.17. The Kier molecular flexibility index (Phi) is 4.34. The number of rotatable bonds is 4. The Bertz CT molecular complexity index is 661. The molecule has 2 aromatic carbocycles. The lowest BCUT2D eigenvalue weighted by Crippen LogP contribution is -2.02. The maximum Gasteiger partial charge on any atom is 0.305 e. The van der Waals surface area contributed by atoms with Gasteiger partial charge >= 0.3 is 5.69 Å². The van der Waals surface area contributed by atoms with Crippen molar-refractivity contribution in [3.05, 3.63) is 67.9 Å². The van der Waals surface area contributed by atoms with Gasteiger partial charge in [0.1, 0.15) is 12.4 Å². The summed E-state index contributed by atoms with van der Waals surface area (Å²) >= 11 is 3.32. The van der Waals surface area contributed by atoms with Crippen molar-refractivity contribution in [3.8, 4) is 5.75 Å². The SMILES string of the molecule is Cc1ccc(Br)cc1OCc1cccc([N+](=O)[O-])c1F. The van der Waals surface area contributed by atoms with Gasteiger partial charge in [0.05, 0.1) is 4.92 Å². The average molecular weight is 340 g/mol. The third-order valence-electron chi connectivity index (χ3n) is 2.79. The van der Waals surface area contributed by atoms with Gasteiger partial charge in [-0.25, -0.2) is 0 Å². The fraction of sp³-hybridized carbons (Fsp3) is 0.143. The number of halogens is 2. The van der Waals surface area contributed by atoms with Gasteiger partial charge in [0.25, 0.3) is 0 Å². The highest BCUT2D eigenvalue weighted by Crippen LogP contribution is 2.25. The maximum atomic E-state index is 13.9. The molecule has 2 aromatic rings. The van der Waals surface area contributed by atoms with Gasteiger partial charge in [0.15, 0.2) is 0 Å². The highest BCUT2D eigenvalue weighted by molar-refractivity contribution is 9.10. The van der Waals surface area contributed by atoms with Crippen LogP contribution in [0.1, 0.15) is 11.1 Å². The molecule has 20 heavy (non-hydrogen) atoms. The minimum atomic E-state index is -0.856. The Balaban J connectivity index is 2.21. The number of aryl methyl sites for hydroxylation is 1. The zero-order chi connectivity index (χ0) is 14.7. The van der Waals surface area contributed by atoms with Crippen LogP contribution in [0.2, 0.25) is 0 Å². The summed E-state index contributed by atoms with van der Waals surface area (Å²) in [7, 11) is 0. The van der Waals surface area contributed by atoms with E-state index in [1.807, 2.05) is 19.1 Å². The second-order valence-electron chi connectivity index (χ2n) is 4.21. The number of hydrogen-bond donors (Lipinski definition) is 0. The Hall–Kier alpha value is -1.95. The topological polar surface area (TPSA) is 52.4 Å². The molecule has 0 N–H and O–H groups in total. The van der Waals surface area contributed by atoms with E-state index >= 15 is 0 Å². The normalized spacial score (nSPS) is 10.3. The van der Waals surface area contributed by atoms with Crippen LogP contribution in [-0.4, -0.2) is 4.92 Å². The van der Waals surface area contributed by atoms with E-state index in [2.05, 4.69) is 15.9 Å². The second kappa shape index (κ2) is 6.00. The Morgan fingerprint density at radius 2 is 2.10 bits per heavy atom. The molecule has 0 bridgehead atoms. The zero-order valence-electron chi connectivity index (χ0n) is 10.6. The van der Waals surface area contributed by atoms with Crippen molar-refractivity contribution < 1.29 is 14.1 Å². The predicted molar refractivity (Wildman–Crippen MR) is 76.3 cm³/mol. The van der Waals surface area contributed by atoms with Crippen molar-refractivity contribution in [2.45, 2.75) is 13.5 Å². The molecule has 0 radical (unpaired) electrons. The number of benzene rings is 2. The van der Waals surface area contributed by atoms with Gasteiger partial charge in [-0.15, -0.1) is 0 Å². The minimum Gasteiger partial charge on any atom is -0.488 e. The largest absolute Gasteiger partial charge is 0.488 e. The molecule has 0 aliphatic rings. The van der Waals surface area contributed by atoms with Crippen LogP contribution in [0.3, 0.4) is 0 Å². The van der Waals surface area contributed by atoms with Crippen molar-refractivity contribution in [2.24, 2.45) is 0 Å². The molecular weight excluding hydrogens is 329 g/mol. The van der Waals surface area contributed by atoms with Crippen molar-refractivity contribution >= 4 is 21.6 Å². The van der Waals surface area contributed by atoms with E-state index in [9.17, 15) is 14.5 Å². The lowest BCUT2D eigenvalue weighted by atomic mass is 10.2. The number of hydrogen-bond acceptors (Lipinski definition) is 3. The molecule has 0 aliphatic carbocycles. The van der Waals surface area contributed by atoms with E-state index < -0.39 is 16.4 Å². The summed E-state index contributed by atoms with van der Waals surface area (Å²) in [5, 5.41) is 10.7. The summed E-state index contributed by atoms with van der Waals surface area (Å²) in [5.74, 6) is -0.254. The summed E-state index contributed by atoms with van der Waals surface area (Å²) < 4.78 is 20.2. The fourth-order valence-electron chi connectivity index (χ4n) is 1.70. The molecule has 0 heterocycles. The number of ether oxygens (including phenoxy) is 1. The van der Waals surface area contributed by atoms with Gasteiger partial charge in [-0.1, -0.05) is 34.1 Å². The van der Waals surface area contributed by atoms with Crippen LogP contribution in [0.25, 0.3) is 0 Å². The van der Waals surface area contributed by atoms with Crippen molar-refractivity contribution in [2.75, 3.05) is 0 Å². The average Bonchev–Trinajstić information content (AvgIpc) is 2.41.